The minimum atomic E-state index is 0.435. The Hall–Kier alpha value is -0.350. The number of halogens is 2. The first-order chi connectivity index (χ1) is 5.24. The van der Waals surface area contributed by atoms with E-state index in [1.54, 1.807) is 0 Å². The van der Waals surface area contributed by atoms with Gasteiger partial charge in [-0.15, -0.1) is 0 Å². The minimum absolute atomic E-state index is 0.435. The summed E-state index contributed by atoms with van der Waals surface area (Å²) in [5.74, 6) is 0. The first kappa shape index (κ1) is 8.74. The molecule has 0 atom stereocenters. The molecule has 1 aromatic rings. The second kappa shape index (κ2) is 3.88. The van der Waals surface area contributed by atoms with E-state index in [0.29, 0.717) is 4.62 Å². The molecule has 0 saturated heterocycles. The summed E-state index contributed by atoms with van der Waals surface area (Å²) in [6.45, 7) is 0. The summed E-state index contributed by atoms with van der Waals surface area (Å²) in [6, 6.07) is 7.44. The molecular formula is C7H5Br2NO. The fourth-order valence-electron chi connectivity index (χ4n) is 0.645. The van der Waals surface area contributed by atoms with Gasteiger partial charge in [0.15, 0.2) is 4.62 Å². The molecule has 0 radical (unpaired) electrons. The number of oxime groups is 1. The summed E-state index contributed by atoms with van der Waals surface area (Å²) < 4.78 is 1.43. The number of benzene rings is 1. The Kier molecular flexibility index (Phi) is 3.08. The highest BCUT2D eigenvalue weighted by molar-refractivity contribution is 9.18. The summed E-state index contributed by atoms with van der Waals surface area (Å²) in [4.78, 5) is 0. The van der Waals surface area contributed by atoms with Crippen molar-refractivity contribution in [2.75, 3.05) is 0 Å². The van der Waals surface area contributed by atoms with Crippen LogP contribution >= 0.6 is 31.9 Å². The van der Waals surface area contributed by atoms with Gasteiger partial charge in [-0.3, -0.25) is 0 Å². The van der Waals surface area contributed by atoms with Crippen LogP contribution in [0.3, 0.4) is 0 Å². The smallest absolute Gasteiger partial charge is 0.152 e. The zero-order chi connectivity index (χ0) is 8.27. The zero-order valence-corrected chi connectivity index (χ0v) is 8.63. The van der Waals surface area contributed by atoms with E-state index in [9.17, 15) is 0 Å². The van der Waals surface area contributed by atoms with Crippen LogP contribution < -0.4 is 0 Å². The topological polar surface area (TPSA) is 32.6 Å². The number of nitrogens with zero attached hydrogens (tertiary/aromatic N) is 1. The van der Waals surface area contributed by atoms with Crippen LogP contribution in [0, 0.1) is 0 Å². The Balaban J connectivity index is 2.99. The van der Waals surface area contributed by atoms with Crippen LogP contribution in [0.25, 0.3) is 0 Å². The fourth-order valence-corrected chi connectivity index (χ4v) is 1.17. The van der Waals surface area contributed by atoms with Gasteiger partial charge < -0.3 is 5.21 Å². The predicted molar refractivity (Wildman–Crippen MR) is 51.4 cm³/mol. The van der Waals surface area contributed by atoms with Crippen molar-refractivity contribution in [1.82, 2.24) is 0 Å². The predicted octanol–water partition coefficient (Wildman–Crippen LogP) is 2.98. The molecule has 0 aromatic heterocycles. The lowest BCUT2D eigenvalue weighted by Crippen LogP contribution is -1.88. The first-order valence-corrected chi connectivity index (χ1v) is 4.46. The van der Waals surface area contributed by atoms with Gasteiger partial charge in [0.25, 0.3) is 0 Å². The van der Waals surface area contributed by atoms with Crippen LogP contribution in [-0.2, 0) is 0 Å². The summed E-state index contributed by atoms with van der Waals surface area (Å²) >= 11 is 6.39. The van der Waals surface area contributed by atoms with Gasteiger partial charge in [0.05, 0.1) is 0 Å². The molecule has 1 N–H and O–H groups in total. The van der Waals surface area contributed by atoms with E-state index in [0.717, 1.165) is 10.0 Å². The molecule has 0 heterocycles. The molecule has 2 nitrogen and oxygen atoms in total. The van der Waals surface area contributed by atoms with Crippen molar-refractivity contribution < 1.29 is 5.21 Å². The first-order valence-electron chi connectivity index (χ1n) is 2.87. The second-order valence-corrected chi connectivity index (χ2v) is 3.56. The van der Waals surface area contributed by atoms with Crippen molar-refractivity contribution in [2.45, 2.75) is 0 Å². The minimum Gasteiger partial charge on any atom is -0.410 e. The molecule has 1 rings (SSSR count). The SMILES string of the molecule is ON=C(Br)c1ccc(Br)cc1. The van der Waals surface area contributed by atoms with Gasteiger partial charge in [0.2, 0.25) is 0 Å². The molecule has 58 valence electrons. The van der Waals surface area contributed by atoms with Gasteiger partial charge in [0.1, 0.15) is 0 Å². The van der Waals surface area contributed by atoms with Gasteiger partial charge in [-0.2, -0.15) is 0 Å². The van der Waals surface area contributed by atoms with Crippen LogP contribution in [0.5, 0.6) is 0 Å². The number of hydrogen-bond donors (Lipinski definition) is 1. The third kappa shape index (κ3) is 2.31. The number of rotatable bonds is 1. The lowest BCUT2D eigenvalue weighted by molar-refractivity contribution is 0.321. The highest BCUT2D eigenvalue weighted by Gasteiger charge is 1.97. The van der Waals surface area contributed by atoms with Crippen molar-refractivity contribution in [3.8, 4) is 0 Å². The molecule has 11 heavy (non-hydrogen) atoms. The van der Waals surface area contributed by atoms with Crippen LogP contribution in [0.1, 0.15) is 5.56 Å². The van der Waals surface area contributed by atoms with Crippen LogP contribution in [0.2, 0.25) is 0 Å². The Bertz CT molecular complexity index is 268. The van der Waals surface area contributed by atoms with Gasteiger partial charge in [0, 0.05) is 10.0 Å². The van der Waals surface area contributed by atoms with E-state index in [4.69, 9.17) is 5.21 Å². The third-order valence-corrected chi connectivity index (χ3v) is 2.32. The number of hydrogen-bond acceptors (Lipinski definition) is 2. The van der Waals surface area contributed by atoms with Crippen molar-refractivity contribution in [3.05, 3.63) is 34.3 Å². The molecule has 0 spiro atoms. The average Bonchev–Trinajstić information content (AvgIpc) is 2.05. The Labute approximate surface area is 81.2 Å². The van der Waals surface area contributed by atoms with Gasteiger partial charge >= 0.3 is 0 Å². The molecule has 1 aromatic carbocycles. The highest BCUT2D eigenvalue weighted by Crippen LogP contribution is 2.12. The molecule has 0 aliphatic heterocycles. The summed E-state index contributed by atoms with van der Waals surface area (Å²) in [5.41, 5.74) is 0.843. The Morgan fingerprint density at radius 2 is 1.82 bits per heavy atom. The maximum Gasteiger partial charge on any atom is 0.152 e. The van der Waals surface area contributed by atoms with Crippen LogP contribution in [0.4, 0.5) is 0 Å². The molecule has 0 fully saturated rings. The molecule has 0 aliphatic carbocycles. The molecule has 0 unspecified atom stereocenters. The Morgan fingerprint density at radius 3 is 2.27 bits per heavy atom. The largest absolute Gasteiger partial charge is 0.410 e. The van der Waals surface area contributed by atoms with Crippen LogP contribution in [-0.4, -0.2) is 9.83 Å². The zero-order valence-electron chi connectivity index (χ0n) is 5.46. The quantitative estimate of drug-likeness (QED) is 0.478. The van der Waals surface area contributed by atoms with Gasteiger partial charge in [-0.05, 0) is 28.1 Å². The van der Waals surface area contributed by atoms with Gasteiger partial charge in [-0.1, -0.05) is 33.2 Å². The van der Waals surface area contributed by atoms with Crippen molar-refractivity contribution in [3.63, 3.8) is 0 Å². The molecule has 0 aliphatic rings. The van der Waals surface area contributed by atoms with Crippen molar-refractivity contribution in [2.24, 2.45) is 5.16 Å². The molecule has 0 saturated carbocycles. The van der Waals surface area contributed by atoms with E-state index in [1.165, 1.54) is 0 Å². The summed E-state index contributed by atoms with van der Waals surface area (Å²) in [6.07, 6.45) is 0. The standard InChI is InChI=1S/C7H5Br2NO/c8-6-3-1-5(2-4-6)7(9)10-11/h1-4,11H. The van der Waals surface area contributed by atoms with E-state index in [-0.39, 0.29) is 0 Å². The maximum atomic E-state index is 8.39. The van der Waals surface area contributed by atoms with E-state index >= 15 is 0 Å². The molecule has 0 bridgehead atoms. The highest BCUT2D eigenvalue weighted by atomic mass is 79.9. The fraction of sp³-hybridized carbons (Fsp3) is 0. The van der Waals surface area contributed by atoms with Gasteiger partial charge in [-0.25, -0.2) is 0 Å². The van der Waals surface area contributed by atoms with Crippen LogP contribution in [0.15, 0.2) is 33.9 Å². The van der Waals surface area contributed by atoms with E-state index < -0.39 is 0 Å². The molecule has 0 amide bonds. The van der Waals surface area contributed by atoms with E-state index in [2.05, 4.69) is 37.0 Å². The lowest BCUT2D eigenvalue weighted by atomic mass is 10.2. The molecule has 4 heteroatoms. The Morgan fingerprint density at radius 1 is 1.27 bits per heavy atom. The normalized spacial score (nSPS) is 11.6. The monoisotopic (exact) mass is 277 g/mol. The summed E-state index contributed by atoms with van der Waals surface area (Å²) in [7, 11) is 0. The average molecular weight is 279 g/mol. The maximum absolute atomic E-state index is 8.39. The molecular weight excluding hydrogens is 274 g/mol. The summed E-state index contributed by atoms with van der Waals surface area (Å²) in [5, 5.41) is 11.4. The lowest BCUT2D eigenvalue weighted by Gasteiger charge is -1.95. The van der Waals surface area contributed by atoms with Crippen molar-refractivity contribution >= 4 is 36.5 Å². The second-order valence-electron chi connectivity index (χ2n) is 1.90. The van der Waals surface area contributed by atoms with Crippen molar-refractivity contribution in [1.29, 1.82) is 0 Å². The van der Waals surface area contributed by atoms with E-state index in [1.807, 2.05) is 24.3 Å². The third-order valence-electron chi connectivity index (χ3n) is 1.17.